The molecule has 1 heteroatoms. The second-order valence-electron chi connectivity index (χ2n) is 2.49. The summed E-state index contributed by atoms with van der Waals surface area (Å²) >= 11 is -0.170. The van der Waals surface area contributed by atoms with Gasteiger partial charge in [0.25, 0.3) is 0 Å². The molecule has 10 heavy (non-hydrogen) atoms. The number of rotatable bonds is 0. The van der Waals surface area contributed by atoms with Gasteiger partial charge in [0.15, 0.2) is 0 Å². The second kappa shape index (κ2) is 7.21. The van der Waals surface area contributed by atoms with Gasteiger partial charge in [0.2, 0.25) is 0 Å². The van der Waals surface area contributed by atoms with Crippen molar-refractivity contribution in [3.8, 4) is 0 Å². The van der Waals surface area contributed by atoms with Crippen molar-refractivity contribution in [2.45, 2.75) is 29.4 Å². The van der Waals surface area contributed by atoms with Gasteiger partial charge in [-0.3, -0.25) is 0 Å². The van der Waals surface area contributed by atoms with Gasteiger partial charge in [-0.15, -0.1) is 0 Å². The molecule has 61 valence electrons. The van der Waals surface area contributed by atoms with Crippen molar-refractivity contribution in [1.82, 2.24) is 0 Å². The predicted molar refractivity (Wildman–Crippen MR) is 45.1 cm³/mol. The van der Waals surface area contributed by atoms with E-state index in [1.807, 2.05) is 0 Å². The molecule has 1 aliphatic carbocycles. The summed E-state index contributed by atoms with van der Waals surface area (Å²) in [4.78, 5) is 0. The summed E-state index contributed by atoms with van der Waals surface area (Å²) in [6, 6.07) is 0. The van der Waals surface area contributed by atoms with Crippen molar-refractivity contribution in [3.63, 3.8) is 0 Å². The van der Waals surface area contributed by atoms with E-state index >= 15 is 0 Å². The molecule has 0 amide bonds. The maximum absolute atomic E-state index is 2.31. The van der Waals surface area contributed by atoms with Crippen molar-refractivity contribution < 1.29 is 16.0 Å². The van der Waals surface area contributed by atoms with Gasteiger partial charge >= 0.3 is 32.5 Å². The van der Waals surface area contributed by atoms with Crippen LogP contribution in [0.25, 0.3) is 0 Å². The summed E-state index contributed by atoms with van der Waals surface area (Å²) in [6.07, 6.45) is 11.0. The van der Waals surface area contributed by atoms with Crippen molar-refractivity contribution >= 4 is 0 Å². The molecule has 0 aliphatic heterocycles. The normalized spacial score (nSPS) is 15.7. The zero-order valence-electron chi connectivity index (χ0n) is 7.08. The van der Waals surface area contributed by atoms with E-state index in [0.717, 1.165) is 0 Å². The molecule has 0 atom stereocenters. The van der Waals surface area contributed by atoms with Gasteiger partial charge in [0.1, 0.15) is 0 Å². The Kier molecular flexibility index (Phi) is 7.29. The van der Waals surface area contributed by atoms with E-state index in [4.69, 9.17) is 0 Å². The van der Waals surface area contributed by atoms with Crippen LogP contribution in [0.1, 0.15) is 12.8 Å². The molecule has 0 spiro atoms. The Morgan fingerprint density at radius 1 is 0.900 bits per heavy atom. The van der Waals surface area contributed by atoms with Gasteiger partial charge < -0.3 is 0 Å². The van der Waals surface area contributed by atoms with Gasteiger partial charge in [0, 0.05) is 0 Å². The Labute approximate surface area is 69.9 Å². The first-order chi connectivity index (χ1) is 4.73. The van der Waals surface area contributed by atoms with E-state index in [0.29, 0.717) is 0 Å². The van der Waals surface area contributed by atoms with Crippen LogP contribution in [0, 0.1) is 0 Å². The standard InChI is InChI=1S/C6H8.3CH3.Ru/c1-2-4-6-5-3-1;;;;/h1-4H,5-6H2;3*1H3;. The summed E-state index contributed by atoms with van der Waals surface area (Å²) in [5, 5.41) is 0. The molecule has 1 rings (SSSR count). The number of hydrogen-bond acceptors (Lipinski definition) is 0. The Bertz CT molecular complexity index is 97.1. The van der Waals surface area contributed by atoms with Gasteiger partial charge in [-0.25, -0.2) is 0 Å². The van der Waals surface area contributed by atoms with Crippen LogP contribution in [0.3, 0.4) is 0 Å². The van der Waals surface area contributed by atoms with Crippen molar-refractivity contribution in [1.29, 1.82) is 0 Å². The molecule has 0 aromatic carbocycles. The van der Waals surface area contributed by atoms with Crippen LogP contribution in [0.5, 0.6) is 0 Å². The molecule has 0 bridgehead atoms. The Morgan fingerprint density at radius 3 is 1.30 bits per heavy atom. The fourth-order valence-electron chi connectivity index (χ4n) is 0.542. The first-order valence-corrected chi connectivity index (χ1v) is 8.59. The molecule has 0 saturated carbocycles. The molecular formula is C9H17Ru. The zero-order valence-corrected chi connectivity index (χ0v) is 8.82. The van der Waals surface area contributed by atoms with E-state index < -0.39 is 0 Å². The Morgan fingerprint density at radius 2 is 1.20 bits per heavy atom. The van der Waals surface area contributed by atoms with Gasteiger partial charge in [0.05, 0.1) is 0 Å². The third-order valence-electron chi connectivity index (χ3n) is 0.883. The van der Waals surface area contributed by atoms with Gasteiger partial charge in [-0.1, -0.05) is 24.3 Å². The summed E-state index contributed by atoms with van der Waals surface area (Å²) in [7, 11) is 0. The quantitative estimate of drug-likeness (QED) is 0.553. The molecule has 0 nitrogen and oxygen atoms in total. The van der Waals surface area contributed by atoms with Crippen LogP contribution in [0.4, 0.5) is 0 Å². The Balaban J connectivity index is 0.000000180. The van der Waals surface area contributed by atoms with E-state index in [1.165, 1.54) is 12.8 Å². The minimum absolute atomic E-state index is 0.170. The Hall–Kier alpha value is 0.103. The fourth-order valence-corrected chi connectivity index (χ4v) is 0.542. The van der Waals surface area contributed by atoms with Crippen molar-refractivity contribution in [2.24, 2.45) is 0 Å². The van der Waals surface area contributed by atoms with E-state index in [9.17, 15) is 0 Å². The van der Waals surface area contributed by atoms with E-state index in [2.05, 4.69) is 40.9 Å². The molecule has 0 N–H and O–H groups in total. The van der Waals surface area contributed by atoms with E-state index in [-0.39, 0.29) is 16.0 Å². The SMILES string of the molecule is C1=CCCC=C1.[CH3][Ru]([CH3])[CH3]. The van der Waals surface area contributed by atoms with Crippen LogP contribution in [-0.2, 0) is 16.0 Å². The van der Waals surface area contributed by atoms with Crippen LogP contribution >= 0.6 is 0 Å². The topological polar surface area (TPSA) is 0 Å². The molecule has 0 saturated heterocycles. The summed E-state index contributed by atoms with van der Waals surface area (Å²) in [5.74, 6) is 0. The number of hydrogen-bond donors (Lipinski definition) is 0. The molecule has 0 aromatic rings. The van der Waals surface area contributed by atoms with Crippen molar-refractivity contribution in [2.75, 3.05) is 0 Å². The van der Waals surface area contributed by atoms with Crippen LogP contribution in [0.15, 0.2) is 24.3 Å². The monoisotopic (exact) mass is 227 g/mol. The van der Waals surface area contributed by atoms with Gasteiger partial charge in [-0.05, 0) is 12.8 Å². The zero-order chi connectivity index (χ0) is 7.82. The second-order valence-corrected chi connectivity index (χ2v) is 7.71. The molecule has 0 radical (unpaired) electrons. The van der Waals surface area contributed by atoms with Crippen LogP contribution in [0.2, 0.25) is 16.6 Å². The van der Waals surface area contributed by atoms with E-state index in [1.54, 1.807) is 0 Å². The average Bonchev–Trinajstić information content (AvgIpc) is 1.90. The third-order valence-corrected chi connectivity index (χ3v) is 0.883. The summed E-state index contributed by atoms with van der Waals surface area (Å²) in [6.45, 7) is 0. The third kappa shape index (κ3) is 11.0. The molecule has 1 aliphatic rings. The molecule has 0 heterocycles. The predicted octanol–water partition coefficient (Wildman–Crippen LogP) is 3.64. The summed E-state index contributed by atoms with van der Waals surface area (Å²) in [5.41, 5.74) is 6.93. The maximum atomic E-state index is 2.31. The fraction of sp³-hybridized carbons (Fsp3) is 0.556. The number of allylic oxidation sites excluding steroid dienone is 4. The van der Waals surface area contributed by atoms with Crippen LogP contribution in [-0.4, -0.2) is 0 Å². The molecule has 0 aromatic heterocycles. The molecule has 0 unspecified atom stereocenters. The van der Waals surface area contributed by atoms with Gasteiger partial charge in [-0.2, -0.15) is 0 Å². The van der Waals surface area contributed by atoms with Crippen LogP contribution < -0.4 is 0 Å². The first-order valence-electron chi connectivity index (χ1n) is 3.38. The summed E-state index contributed by atoms with van der Waals surface area (Å²) < 4.78 is 0. The van der Waals surface area contributed by atoms with Crippen molar-refractivity contribution in [3.05, 3.63) is 24.3 Å². The molecular weight excluding hydrogens is 209 g/mol. The molecule has 0 fully saturated rings. The average molecular weight is 226 g/mol. The first kappa shape index (κ1) is 10.1. The minimum atomic E-state index is -0.170.